The van der Waals surface area contributed by atoms with Crippen LogP contribution in [0.3, 0.4) is 0 Å². The summed E-state index contributed by atoms with van der Waals surface area (Å²) in [6.45, 7) is 5.93. The first kappa shape index (κ1) is 14.0. The fraction of sp³-hybridized carbons (Fsp3) is 0.500. The van der Waals surface area contributed by atoms with Crippen LogP contribution < -0.4 is 5.73 Å². The average Bonchev–Trinajstić information content (AvgIpc) is 2.38. The van der Waals surface area contributed by atoms with Crippen molar-refractivity contribution in [2.24, 2.45) is 5.73 Å². The first-order valence-corrected chi connectivity index (χ1v) is 6.73. The van der Waals surface area contributed by atoms with E-state index in [1.807, 2.05) is 6.08 Å². The third-order valence-electron chi connectivity index (χ3n) is 3.26. The molecule has 0 aromatic heterocycles. The molecule has 1 nitrogen and oxygen atoms in total. The van der Waals surface area contributed by atoms with Crippen LogP contribution >= 0.6 is 0 Å². The van der Waals surface area contributed by atoms with Gasteiger partial charge in [-0.2, -0.15) is 0 Å². The van der Waals surface area contributed by atoms with Crippen LogP contribution in [-0.4, -0.2) is 0 Å². The predicted molar refractivity (Wildman–Crippen MR) is 76.0 cm³/mol. The van der Waals surface area contributed by atoms with Crippen molar-refractivity contribution in [3.63, 3.8) is 0 Å². The first-order chi connectivity index (χ1) is 8.29. The van der Waals surface area contributed by atoms with Gasteiger partial charge in [-0.25, -0.2) is 0 Å². The Hall–Kier alpha value is -1.08. The average molecular weight is 231 g/mol. The van der Waals surface area contributed by atoms with Crippen LogP contribution in [0.2, 0.25) is 0 Å². The van der Waals surface area contributed by atoms with Gasteiger partial charge in [0.2, 0.25) is 0 Å². The van der Waals surface area contributed by atoms with E-state index in [-0.39, 0.29) is 6.04 Å². The van der Waals surface area contributed by atoms with Crippen molar-refractivity contribution in [1.29, 1.82) is 0 Å². The molecule has 0 fully saturated rings. The molecule has 1 unspecified atom stereocenters. The molecule has 1 aromatic rings. The zero-order chi connectivity index (χ0) is 12.5. The Morgan fingerprint density at radius 1 is 1.24 bits per heavy atom. The zero-order valence-electron chi connectivity index (χ0n) is 11.0. The molecule has 0 heterocycles. The number of allylic oxidation sites excluding steroid dienone is 1. The molecule has 0 radical (unpaired) electrons. The molecule has 0 amide bonds. The smallest absolute Gasteiger partial charge is 0.0297 e. The minimum Gasteiger partial charge on any atom is -0.324 e. The summed E-state index contributed by atoms with van der Waals surface area (Å²) in [5, 5.41) is 0. The van der Waals surface area contributed by atoms with Gasteiger partial charge in [0.25, 0.3) is 0 Å². The molecule has 1 rings (SSSR count). The first-order valence-electron chi connectivity index (χ1n) is 6.73. The molecule has 0 saturated carbocycles. The number of rotatable bonds is 8. The van der Waals surface area contributed by atoms with E-state index >= 15 is 0 Å². The van der Waals surface area contributed by atoms with E-state index in [0.29, 0.717) is 0 Å². The van der Waals surface area contributed by atoms with Crippen molar-refractivity contribution < 1.29 is 0 Å². The van der Waals surface area contributed by atoms with Crippen LogP contribution in [0.15, 0.2) is 36.9 Å². The van der Waals surface area contributed by atoms with Crippen LogP contribution in [0, 0.1) is 0 Å². The Morgan fingerprint density at radius 2 is 2.00 bits per heavy atom. The van der Waals surface area contributed by atoms with Crippen molar-refractivity contribution in [3.8, 4) is 0 Å². The van der Waals surface area contributed by atoms with E-state index in [1.54, 1.807) is 0 Å². The number of nitrogens with two attached hydrogens (primary N) is 1. The minimum absolute atomic E-state index is 0.204. The lowest BCUT2D eigenvalue weighted by Crippen LogP contribution is -2.12. The molecule has 1 aromatic carbocycles. The van der Waals surface area contributed by atoms with Gasteiger partial charge in [0.05, 0.1) is 0 Å². The van der Waals surface area contributed by atoms with Crippen molar-refractivity contribution in [2.45, 2.75) is 51.5 Å². The van der Waals surface area contributed by atoms with Crippen molar-refractivity contribution in [2.75, 3.05) is 0 Å². The quantitative estimate of drug-likeness (QED) is 0.521. The lowest BCUT2D eigenvalue weighted by atomic mass is 9.95. The fourth-order valence-electron chi connectivity index (χ4n) is 2.20. The summed E-state index contributed by atoms with van der Waals surface area (Å²) < 4.78 is 0. The van der Waals surface area contributed by atoms with Gasteiger partial charge in [-0.15, -0.1) is 6.58 Å². The topological polar surface area (TPSA) is 26.0 Å². The number of unbranched alkanes of at least 4 members (excludes halogenated alkanes) is 3. The molecule has 0 aliphatic carbocycles. The summed E-state index contributed by atoms with van der Waals surface area (Å²) in [6.07, 6.45) is 8.99. The van der Waals surface area contributed by atoms with E-state index in [2.05, 4.69) is 37.8 Å². The van der Waals surface area contributed by atoms with E-state index in [9.17, 15) is 0 Å². The Morgan fingerprint density at radius 3 is 2.71 bits per heavy atom. The molecular weight excluding hydrogens is 206 g/mol. The highest BCUT2D eigenvalue weighted by Crippen LogP contribution is 2.21. The van der Waals surface area contributed by atoms with Crippen molar-refractivity contribution in [1.82, 2.24) is 0 Å². The van der Waals surface area contributed by atoms with E-state index in [0.717, 1.165) is 19.3 Å². The second-order valence-electron chi connectivity index (χ2n) is 4.59. The maximum absolute atomic E-state index is 6.27. The third-order valence-corrected chi connectivity index (χ3v) is 3.26. The minimum atomic E-state index is 0.204. The molecule has 1 atom stereocenters. The Bertz CT molecular complexity index is 330. The van der Waals surface area contributed by atoms with Gasteiger partial charge in [-0.3, -0.25) is 0 Å². The number of hydrogen-bond donors (Lipinski definition) is 1. The van der Waals surface area contributed by atoms with Gasteiger partial charge in [-0.1, -0.05) is 50.1 Å². The van der Waals surface area contributed by atoms with E-state index in [4.69, 9.17) is 5.73 Å². The van der Waals surface area contributed by atoms with Gasteiger partial charge in [-0.05, 0) is 36.8 Å². The summed E-state index contributed by atoms with van der Waals surface area (Å²) in [4.78, 5) is 0. The van der Waals surface area contributed by atoms with Crippen LogP contribution in [0.4, 0.5) is 0 Å². The fourth-order valence-corrected chi connectivity index (χ4v) is 2.20. The number of aryl methyl sites for hydroxylation is 1. The summed E-state index contributed by atoms with van der Waals surface area (Å²) in [7, 11) is 0. The number of benzene rings is 1. The van der Waals surface area contributed by atoms with Crippen LogP contribution in [-0.2, 0) is 6.42 Å². The van der Waals surface area contributed by atoms with E-state index in [1.165, 1.54) is 30.4 Å². The lowest BCUT2D eigenvalue weighted by molar-refractivity contribution is 0.569. The van der Waals surface area contributed by atoms with Gasteiger partial charge in [0, 0.05) is 6.04 Å². The van der Waals surface area contributed by atoms with Gasteiger partial charge in [0.1, 0.15) is 0 Å². The lowest BCUT2D eigenvalue weighted by Gasteiger charge is -2.15. The third kappa shape index (κ3) is 4.74. The summed E-state index contributed by atoms with van der Waals surface area (Å²) in [5.74, 6) is 0. The normalized spacial score (nSPS) is 12.4. The maximum atomic E-state index is 6.27. The van der Waals surface area contributed by atoms with Gasteiger partial charge < -0.3 is 5.73 Å². The summed E-state index contributed by atoms with van der Waals surface area (Å²) in [5.41, 5.74) is 8.99. The monoisotopic (exact) mass is 231 g/mol. The van der Waals surface area contributed by atoms with Crippen LogP contribution in [0.1, 0.15) is 56.2 Å². The van der Waals surface area contributed by atoms with Crippen LogP contribution in [0.5, 0.6) is 0 Å². The molecule has 17 heavy (non-hydrogen) atoms. The summed E-state index contributed by atoms with van der Waals surface area (Å²) in [6, 6.07) is 8.75. The molecule has 94 valence electrons. The highest BCUT2D eigenvalue weighted by molar-refractivity contribution is 5.29. The molecule has 1 heteroatoms. The SMILES string of the molecule is C=CCCCCCC(N)c1ccccc1CC. The Kier molecular flexibility index (Phi) is 6.64. The zero-order valence-corrected chi connectivity index (χ0v) is 11.0. The number of hydrogen-bond acceptors (Lipinski definition) is 1. The Labute approximate surface area is 106 Å². The molecule has 0 saturated heterocycles. The largest absolute Gasteiger partial charge is 0.324 e. The van der Waals surface area contributed by atoms with Gasteiger partial charge in [0.15, 0.2) is 0 Å². The summed E-state index contributed by atoms with van der Waals surface area (Å²) >= 11 is 0. The predicted octanol–water partition coefficient (Wildman–Crippen LogP) is 4.39. The molecular formula is C16H25N. The molecule has 0 spiro atoms. The standard InChI is InChI=1S/C16H25N/c1-3-5-6-7-8-13-16(17)15-12-10-9-11-14(15)4-2/h3,9-12,16H,1,4-8,13,17H2,2H3. The highest BCUT2D eigenvalue weighted by Gasteiger charge is 2.08. The molecule has 0 aliphatic heterocycles. The maximum Gasteiger partial charge on any atom is 0.0297 e. The molecule has 0 aliphatic rings. The van der Waals surface area contributed by atoms with E-state index < -0.39 is 0 Å². The van der Waals surface area contributed by atoms with Crippen molar-refractivity contribution in [3.05, 3.63) is 48.0 Å². The second kappa shape index (κ2) is 8.08. The van der Waals surface area contributed by atoms with Crippen LogP contribution in [0.25, 0.3) is 0 Å². The van der Waals surface area contributed by atoms with Gasteiger partial charge >= 0.3 is 0 Å². The highest BCUT2D eigenvalue weighted by atomic mass is 14.6. The molecule has 2 N–H and O–H groups in total. The van der Waals surface area contributed by atoms with Crippen molar-refractivity contribution >= 4 is 0 Å². The Balaban J connectivity index is 2.40. The molecule has 0 bridgehead atoms. The second-order valence-corrected chi connectivity index (χ2v) is 4.59.